The second-order valence-corrected chi connectivity index (χ2v) is 4.45. The Morgan fingerprint density at radius 1 is 1.35 bits per heavy atom. The van der Waals surface area contributed by atoms with Gasteiger partial charge < -0.3 is 9.66 Å². The van der Waals surface area contributed by atoms with E-state index in [2.05, 4.69) is 17.2 Å². The molecule has 1 rings (SSSR count). The van der Waals surface area contributed by atoms with Gasteiger partial charge in [-0.1, -0.05) is 0 Å². The van der Waals surface area contributed by atoms with Crippen LogP contribution >= 0.6 is 0 Å². The molecule has 0 fully saturated rings. The average Bonchev–Trinajstić information content (AvgIpc) is 2.26. The molecular weight excluding hydrogens is 244 g/mol. The Kier molecular flexibility index (Phi) is 4.24. The van der Waals surface area contributed by atoms with E-state index in [1.165, 1.54) is 18.2 Å². The average molecular weight is 254 g/mol. The van der Waals surface area contributed by atoms with Crippen LogP contribution in [0.15, 0.2) is 51.7 Å². The lowest BCUT2D eigenvalue weighted by Crippen LogP contribution is -1.97. The van der Waals surface area contributed by atoms with E-state index in [0.29, 0.717) is 5.69 Å². The summed E-state index contributed by atoms with van der Waals surface area (Å²) in [6, 6.07) is 4.46. The van der Waals surface area contributed by atoms with E-state index in [1.807, 2.05) is 0 Å². The Morgan fingerprint density at radius 3 is 2.41 bits per heavy atom. The third-order valence-electron chi connectivity index (χ3n) is 1.76. The largest absolute Gasteiger partial charge is 0.744 e. The minimum Gasteiger partial charge on any atom is -0.744 e. The number of hydrogen-bond donors (Lipinski definition) is 1. The molecule has 0 heterocycles. The molecule has 0 aromatic heterocycles. The number of aliphatic hydroxyl groups excluding tert-OH is 1. The number of azo groups is 1. The van der Waals surface area contributed by atoms with E-state index in [1.54, 1.807) is 0 Å². The molecule has 0 aliphatic carbocycles. The molecule has 0 amide bonds. The predicted octanol–water partition coefficient (Wildman–Crippen LogP) is 1.95. The smallest absolute Gasteiger partial charge is 0.226 e. The third kappa shape index (κ3) is 4.25. The zero-order chi connectivity index (χ0) is 12.9. The van der Waals surface area contributed by atoms with Crippen LogP contribution in [0.4, 0.5) is 5.69 Å². The fraction of sp³-hybridized carbons (Fsp3) is 0.100. The SMILES string of the molecule is [CH2+]C(/C=C\O)N=Nc1ccc(S(=O)(=O)[O-])cc1. The number of rotatable bonds is 4. The Morgan fingerprint density at radius 2 is 1.94 bits per heavy atom. The fourth-order valence-corrected chi connectivity index (χ4v) is 1.43. The van der Waals surface area contributed by atoms with Crippen LogP contribution in [0.5, 0.6) is 0 Å². The summed E-state index contributed by atoms with van der Waals surface area (Å²) >= 11 is 0. The van der Waals surface area contributed by atoms with E-state index in [9.17, 15) is 13.0 Å². The number of benzene rings is 1. The summed E-state index contributed by atoms with van der Waals surface area (Å²) in [6.45, 7) is 3.55. The van der Waals surface area contributed by atoms with Crippen molar-refractivity contribution in [1.82, 2.24) is 0 Å². The zero-order valence-corrected chi connectivity index (χ0v) is 9.54. The summed E-state index contributed by atoms with van der Waals surface area (Å²) in [5.74, 6) is 0. The van der Waals surface area contributed by atoms with Crippen molar-refractivity contribution in [2.45, 2.75) is 10.9 Å². The van der Waals surface area contributed by atoms with Gasteiger partial charge in [0.2, 0.25) is 6.04 Å². The summed E-state index contributed by atoms with van der Waals surface area (Å²) in [7, 11) is -4.44. The van der Waals surface area contributed by atoms with Crippen molar-refractivity contribution >= 4 is 15.8 Å². The van der Waals surface area contributed by atoms with Gasteiger partial charge in [0.1, 0.15) is 10.1 Å². The molecule has 0 radical (unpaired) electrons. The van der Waals surface area contributed by atoms with Gasteiger partial charge in [0.25, 0.3) is 0 Å². The summed E-state index contributed by atoms with van der Waals surface area (Å²) in [5, 5.41) is 15.9. The molecule has 90 valence electrons. The summed E-state index contributed by atoms with van der Waals surface area (Å²) in [6.07, 6.45) is 2.13. The normalized spacial score (nSPS) is 14.4. The molecule has 1 aromatic carbocycles. The van der Waals surface area contributed by atoms with E-state index in [-0.39, 0.29) is 4.90 Å². The first-order valence-corrected chi connectivity index (χ1v) is 5.95. The highest BCUT2D eigenvalue weighted by Crippen LogP contribution is 2.17. The summed E-state index contributed by atoms with van der Waals surface area (Å²) in [4.78, 5) is -0.321. The van der Waals surface area contributed by atoms with Crippen molar-refractivity contribution in [3.05, 3.63) is 43.5 Å². The molecular formula is C10H10N2O4S. The second-order valence-electron chi connectivity index (χ2n) is 3.07. The van der Waals surface area contributed by atoms with Crippen LogP contribution in [-0.2, 0) is 10.1 Å². The highest BCUT2D eigenvalue weighted by Gasteiger charge is 2.02. The van der Waals surface area contributed by atoms with Gasteiger partial charge >= 0.3 is 0 Å². The molecule has 0 aliphatic rings. The zero-order valence-electron chi connectivity index (χ0n) is 8.72. The third-order valence-corrected chi connectivity index (χ3v) is 2.60. The maximum absolute atomic E-state index is 10.6. The van der Waals surface area contributed by atoms with Crippen molar-refractivity contribution in [1.29, 1.82) is 0 Å². The van der Waals surface area contributed by atoms with E-state index in [4.69, 9.17) is 5.11 Å². The molecule has 1 unspecified atom stereocenters. The van der Waals surface area contributed by atoms with Crippen LogP contribution < -0.4 is 0 Å². The molecule has 7 heteroatoms. The fourth-order valence-electron chi connectivity index (χ4n) is 0.958. The van der Waals surface area contributed by atoms with Crippen molar-refractivity contribution in [3.8, 4) is 0 Å². The van der Waals surface area contributed by atoms with Gasteiger partial charge in [-0.25, -0.2) is 8.42 Å². The van der Waals surface area contributed by atoms with Crippen molar-refractivity contribution in [2.75, 3.05) is 0 Å². The van der Waals surface area contributed by atoms with Crippen LogP contribution in [-0.4, -0.2) is 24.1 Å². The number of nitrogens with zero attached hydrogens (tertiary/aromatic N) is 2. The molecule has 0 bridgehead atoms. The van der Waals surface area contributed by atoms with Crippen LogP contribution in [0.2, 0.25) is 0 Å². The maximum Gasteiger partial charge on any atom is 0.226 e. The van der Waals surface area contributed by atoms with Crippen LogP contribution in [0.3, 0.4) is 0 Å². The van der Waals surface area contributed by atoms with Gasteiger partial charge in [-0.2, -0.15) is 5.11 Å². The molecule has 0 saturated carbocycles. The highest BCUT2D eigenvalue weighted by atomic mass is 32.2. The van der Waals surface area contributed by atoms with Gasteiger partial charge in [0.05, 0.1) is 23.8 Å². The van der Waals surface area contributed by atoms with Gasteiger partial charge in [0, 0.05) is 6.08 Å². The molecule has 17 heavy (non-hydrogen) atoms. The molecule has 0 saturated heterocycles. The Labute approximate surface area is 99.1 Å². The molecule has 1 atom stereocenters. The molecule has 1 N–H and O–H groups in total. The van der Waals surface area contributed by atoms with E-state index >= 15 is 0 Å². The van der Waals surface area contributed by atoms with Crippen molar-refractivity contribution < 1.29 is 18.1 Å². The second kappa shape index (κ2) is 5.46. The van der Waals surface area contributed by atoms with Crippen LogP contribution in [0, 0.1) is 6.92 Å². The first kappa shape index (κ1) is 13.2. The number of aliphatic hydroxyl groups is 1. The highest BCUT2D eigenvalue weighted by molar-refractivity contribution is 7.85. The summed E-state index contributed by atoms with van der Waals surface area (Å²) in [5.41, 5.74) is 0.386. The minimum atomic E-state index is -4.44. The van der Waals surface area contributed by atoms with E-state index < -0.39 is 16.2 Å². The first-order valence-electron chi connectivity index (χ1n) is 4.54. The topological polar surface area (TPSA) is 102 Å². The Hall–Kier alpha value is -1.86. The van der Waals surface area contributed by atoms with E-state index in [0.717, 1.165) is 18.4 Å². The Balaban J connectivity index is 2.82. The van der Waals surface area contributed by atoms with Gasteiger partial charge in [-0.15, -0.1) is 5.11 Å². The molecule has 6 nitrogen and oxygen atoms in total. The van der Waals surface area contributed by atoms with Crippen molar-refractivity contribution in [2.24, 2.45) is 10.2 Å². The first-order chi connectivity index (χ1) is 7.93. The van der Waals surface area contributed by atoms with Gasteiger partial charge in [0.15, 0.2) is 0 Å². The molecule has 0 spiro atoms. The lowest BCUT2D eigenvalue weighted by Gasteiger charge is -2.05. The van der Waals surface area contributed by atoms with Crippen LogP contribution in [0.25, 0.3) is 0 Å². The van der Waals surface area contributed by atoms with Gasteiger partial charge in [-0.3, -0.25) is 0 Å². The standard InChI is InChI=1S/C10H10N2O4S/c1-8(6-7-13)11-12-9-2-4-10(5-3-9)17(14,15)16/h2-8H,1H2,(H-,13,14,15,16)/b7-6-,12-11?. The Bertz CT molecular complexity index is 520. The molecule has 1 aromatic rings. The van der Waals surface area contributed by atoms with Gasteiger partial charge in [-0.05, 0) is 24.3 Å². The lowest BCUT2D eigenvalue weighted by molar-refractivity contribution is 0.463. The quantitative estimate of drug-likeness (QED) is 0.384. The monoisotopic (exact) mass is 254 g/mol. The van der Waals surface area contributed by atoms with Crippen LogP contribution in [0.1, 0.15) is 0 Å². The maximum atomic E-state index is 10.6. The van der Waals surface area contributed by atoms with Crippen molar-refractivity contribution in [3.63, 3.8) is 0 Å². The number of hydrogen-bond acceptors (Lipinski definition) is 6. The molecule has 0 aliphatic heterocycles. The lowest BCUT2D eigenvalue weighted by atomic mass is 10.3. The predicted molar refractivity (Wildman–Crippen MR) is 59.8 cm³/mol. The minimum absolute atomic E-state index is 0.321. The summed E-state index contributed by atoms with van der Waals surface area (Å²) < 4.78 is 31.9.